The molecule has 0 aliphatic heterocycles. The number of nitro benzene ring substituents is 2. The number of carbonyl (C=O) groups is 1. The van der Waals surface area contributed by atoms with Crippen molar-refractivity contribution in [2.45, 2.75) is 4.90 Å². The summed E-state index contributed by atoms with van der Waals surface area (Å²) < 4.78 is 42.0. The van der Waals surface area contributed by atoms with Crippen molar-refractivity contribution >= 4 is 43.2 Å². The average Bonchev–Trinajstić information content (AvgIpc) is 2.61. The third-order valence-corrected chi connectivity index (χ3v) is 5.13. The molecule has 2 aromatic carbocycles. The standard InChI is InChI=1S/C14H8BrFN2O8S/c15-10-5-8(1-3-11(10)16)13(19)7-26-27(24,25)14-4-2-9(17(20)21)6-12(14)18(22)23/h1-6H,7H2. The van der Waals surface area contributed by atoms with Gasteiger partial charge >= 0.3 is 10.1 Å². The van der Waals surface area contributed by atoms with Gasteiger partial charge in [0.25, 0.3) is 11.4 Å². The van der Waals surface area contributed by atoms with Crippen molar-refractivity contribution in [1.82, 2.24) is 0 Å². The average molecular weight is 463 g/mol. The summed E-state index contributed by atoms with van der Waals surface area (Å²) in [5.41, 5.74) is -1.81. The van der Waals surface area contributed by atoms with E-state index in [1.807, 2.05) is 0 Å². The summed E-state index contributed by atoms with van der Waals surface area (Å²) in [6.07, 6.45) is 0. The molecule has 0 fully saturated rings. The van der Waals surface area contributed by atoms with Gasteiger partial charge in [0.2, 0.25) is 0 Å². The van der Waals surface area contributed by atoms with E-state index in [0.29, 0.717) is 12.1 Å². The Kier molecular flexibility index (Phi) is 5.98. The molecule has 0 saturated heterocycles. The molecular weight excluding hydrogens is 455 g/mol. The van der Waals surface area contributed by atoms with Crippen LogP contribution in [0.5, 0.6) is 0 Å². The van der Waals surface area contributed by atoms with E-state index in [0.717, 1.165) is 24.3 Å². The van der Waals surface area contributed by atoms with E-state index >= 15 is 0 Å². The van der Waals surface area contributed by atoms with Crippen molar-refractivity contribution in [2.24, 2.45) is 0 Å². The summed E-state index contributed by atoms with van der Waals surface area (Å²) in [4.78, 5) is 30.7. The van der Waals surface area contributed by atoms with Gasteiger partial charge in [0.1, 0.15) is 12.4 Å². The molecule has 27 heavy (non-hydrogen) atoms. The first kappa shape index (κ1) is 20.5. The zero-order chi connectivity index (χ0) is 20.4. The molecule has 13 heteroatoms. The summed E-state index contributed by atoms with van der Waals surface area (Å²) in [5.74, 6) is -1.47. The summed E-state index contributed by atoms with van der Waals surface area (Å²) in [6, 6.07) is 5.06. The highest BCUT2D eigenvalue weighted by atomic mass is 79.9. The minimum Gasteiger partial charge on any atom is -0.291 e. The molecule has 0 aromatic heterocycles. The number of hydrogen-bond acceptors (Lipinski definition) is 8. The molecule has 0 N–H and O–H groups in total. The van der Waals surface area contributed by atoms with Gasteiger partial charge < -0.3 is 0 Å². The molecule has 0 aliphatic carbocycles. The zero-order valence-corrected chi connectivity index (χ0v) is 15.4. The Bertz CT molecular complexity index is 1060. The molecule has 0 spiro atoms. The van der Waals surface area contributed by atoms with Crippen LogP contribution in [-0.2, 0) is 14.3 Å². The molecule has 2 aromatic rings. The van der Waals surface area contributed by atoms with Crippen molar-refractivity contribution in [3.63, 3.8) is 0 Å². The fraction of sp³-hybridized carbons (Fsp3) is 0.0714. The van der Waals surface area contributed by atoms with Gasteiger partial charge in [-0.15, -0.1) is 0 Å². The van der Waals surface area contributed by atoms with Crippen LogP contribution in [0.15, 0.2) is 45.8 Å². The third-order valence-electron chi connectivity index (χ3n) is 3.21. The van der Waals surface area contributed by atoms with Gasteiger partial charge in [-0.05, 0) is 40.2 Å². The van der Waals surface area contributed by atoms with Gasteiger partial charge in [-0.2, -0.15) is 8.42 Å². The Labute approximate surface area is 159 Å². The van der Waals surface area contributed by atoms with Crippen LogP contribution >= 0.6 is 15.9 Å². The van der Waals surface area contributed by atoms with Gasteiger partial charge in [0.15, 0.2) is 10.7 Å². The SMILES string of the molecule is O=C(COS(=O)(=O)c1ccc([N+](=O)[O-])cc1[N+](=O)[O-])c1ccc(F)c(Br)c1. The van der Waals surface area contributed by atoms with E-state index in [2.05, 4.69) is 20.1 Å². The van der Waals surface area contributed by atoms with Crippen molar-refractivity contribution in [3.8, 4) is 0 Å². The van der Waals surface area contributed by atoms with E-state index < -0.39 is 54.4 Å². The Morgan fingerprint density at radius 2 is 1.78 bits per heavy atom. The Hall–Kier alpha value is -2.77. The molecule has 0 unspecified atom stereocenters. The molecule has 142 valence electrons. The number of rotatable bonds is 7. The molecule has 0 amide bonds. The largest absolute Gasteiger partial charge is 0.304 e. The van der Waals surface area contributed by atoms with E-state index in [1.165, 1.54) is 0 Å². The van der Waals surface area contributed by atoms with Crippen LogP contribution in [0.2, 0.25) is 0 Å². The number of hydrogen-bond donors (Lipinski definition) is 0. The maximum atomic E-state index is 13.2. The van der Waals surface area contributed by atoms with Crippen molar-refractivity contribution in [3.05, 3.63) is 72.5 Å². The molecule has 0 bridgehead atoms. The normalized spacial score (nSPS) is 11.2. The van der Waals surface area contributed by atoms with Crippen LogP contribution in [-0.4, -0.2) is 30.7 Å². The molecule has 0 saturated carbocycles. The number of benzene rings is 2. The first-order valence-electron chi connectivity index (χ1n) is 6.83. The fourth-order valence-corrected chi connectivity index (χ4v) is 3.31. The predicted octanol–water partition coefficient (Wildman–Crippen LogP) is 2.99. The first-order chi connectivity index (χ1) is 12.5. The van der Waals surface area contributed by atoms with E-state index in [9.17, 15) is 37.8 Å². The predicted molar refractivity (Wildman–Crippen MR) is 91.3 cm³/mol. The van der Waals surface area contributed by atoms with Crippen LogP contribution in [0.3, 0.4) is 0 Å². The van der Waals surface area contributed by atoms with Gasteiger partial charge in [-0.1, -0.05) is 0 Å². The molecule has 0 aliphatic rings. The minimum absolute atomic E-state index is 0.0257. The van der Waals surface area contributed by atoms with Crippen LogP contribution in [0, 0.1) is 26.0 Å². The van der Waals surface area contributed by atoms with E-state index in [-0.39, 0.29) is 10.0 Å². The van der Waals surface area contributed by atoms with E-state index in [4.69, 9.17) is 0 Å². The highest BCUT2D eigenvalue weighted by Crippen LogP contribution is 2.29. The molecule has 0 heterocycles. The lowest BCUT2D eigenvalue weighted by Gasteiger charge is -2.06. The molecule has 2 rings (SSSR count). The highest BCUT2D eigenvalue weighted by Gasteiger charge is 2.30. The fourth-order valence-electron chi connectivity index (χ4n) is 1.92. The highest BCUT2D eigenvalue weighted by molar-refractivity contribution is 9.10. The second-order valence-electron chi connectivity index (χ2n) is 4.93. The summed E-state index contributed by atoms with van der Waals surface area (Å²) in [6.45, 7) is -1.01. The van der Waals surface area contributed by atoms with Gasteiger partial charge in [-0.25, -0.2) is 4.39 Å². The molecule has 10 nitrogen and oxygen atoms in total. The number of nitrogens with zero attached hydrogens (tertiary/aromatic N) is 2. The maximum absolute atomic E-state index is 13.2. The third kappa shape index (κ3) is 4.69. The van der Waals surface area contributed by atoms with Gasteiger partial charge in [0.05, 0.1) is 20.4 Å². The minimum atomic E-state index is -4.77. The number of carbonyl (C=O) groups excluding carboxylic acids is 1. The van der Waals surface area contributed by atoms with Crippen LogP contribution in [0.4, 0.5) is 15.8 Å². The van der Waals surface area contributed by atoms with Gasteiger partial charge in [0, 0.05) is 11.6 Å². The number of nitro groups is 2. The molecule has 0 atom stereocenters. The maximum Gasteiger partial charge on any atom is 0.304 e. The lowest BCUT2D eigenvalue weighted by atomic mass is 10.1. The molecular formula is C14H8BrFN2O8S. The number of halogens is 2. The first-order valence-corrected chi connectivity index (χ1v) is 9.03. The Morgan fingerprint density at radius 3 is 2.33 bits per heavy atom. The number of non-ortho nitro benzene ring substituents is 1. The quantitative estimate of drug-likeness (QED) is 0.264. The second-order valence-corrected chi connectivity index (χ2v) is 7.37. The second kappa shape index (κ2) is 7.85. The topological polar surface area (TPSA) is 147 Å². The number of ketones is 1. The van der Waals surface area contributed by atoms with Crippen molar-refractivity contribution in [2.75, 3.05) is 6.61 Å². The zero-order valence-electron chi connectivity index (χ0n) is 13.0. The molecule has 0 radical (unpaired) electrons. The van der Waals surface area contributed by atoms with E-state index in [1.54, 1.807) is 0 Å². The lowest BCUT2D eigenvalue weighted by Crippen LogP contribution is -2.16. The van der Waals surface area contributed by atoms with Crippen molar-refractivity contribution in [1.29, 1.82) is 0 Å². The monoisotopic (exact) mass is 462 g/mol. The Morgan fingerprint density at radius 1 is 1.11 bits per heavy atom. The smallest absolute Gasteiger partial charge is 0.291 e. The summed E-state index contributed by atoms with van der Waals surface area (Å²) >= 11 is 2.87. The lowest BCUT2D eigenvalue weighted by molar-refractivity contribution is -0.396. The number of Topliss-reactive ketones (excluding diaryl/α,β-unsaturated/α-hetero) is 1. The van der Waals surface area contributed by atoms with Crippen LogP contribution < -0.4 is 0 Å². The summed E-state index contributed by atoms with van der Waals surface area (Å²) in [7, 11) is -4.77. The van der Waals surface area contributed by atoms with Gasteiger partial charge in [-0.3, -0.25) is 29.2 Å². The summed E-state index contributed by atoms with van der Waals surface area (Å²) in [5, 5.41) is 21.7. The van der Waals surface area contributed by atoms with Crippen LogP contribution in [0.1, 0.15) is 10.4 Å². The van der Waals surface area contributed by atoms with Crippen LogP contribution in [0.25, 0.3) is 0 Å². The van der Waals surface area contributed by atoms with Crippen molar-refractivity contribution < 1.29 is 31.6 Å². The Balaban J connectivity index is 2.28.